The van der Waals surface area contributed by atoms with Gasteiger partial charge in [0, 0.05) is 13.1 Å². The zero-order valence-electron chi connectivity index (χ0n) is 20.1. The molecular weight excluding hydrogens is 404 g/mol. The summed E-state index contributed by atoms with van der Waals surface area (Å²) in [7, 11) is 1.61. The predicted molar refractivity (Wildman–Crippen MR) is 127 cm³/mol. The van der Waals surface area contributed by atoms with Crippen LogP contribution in [0.25, 0.3) is 0 Å². The summed E-state index contributed by atoms with van der Waals surface area (Å²) in [5.41, 5.74) is 3.06. The van der Waals surface area contributed by atoms with E-state index in [9.17, 15) is 9.59 Å². The SMILES string of the molecule is CCC(C(=O)NCC(C)C)N(Cc1ccc(OC)cc1)C(=O)COc1cc(C)cc(C)c1. The summed E-state index contributed by atoms with van der Waals surface area (Å²) in [6, 6.07) is 12.8. The lowest BCUT2D eigenvalue weighted by Gasteiger charge is -2.31. The van der Waals surface area contributed by atoms with Gasteiger partial charge in [-0.2, -0.15) is 0 Å². The lowest BCUT2D eigenvalue weighted by molar-refractivity contribution is -0.143. The first-order valence-corrected chi connectivity index (χ1v) is 11.1. The van der Waals surface area contributed by atoms with E-state index in [0.717, 1.165) is 22.4 Å². The van der Waals surface area contributed by atoms with Crippen LogP contribution in [-0.2, 0) is 16.1 Å². The summed E-state index contributed by atoms with van der Waals surface area (Å²) in [4.78, 5) is 27.8. The first-order valence-electron chi connectivity index (χ1n) is 11.1. The van der Waals surface area contributed by atoms with E-state index in [2.05, 4.69) is 11.4 Å². The molecule has 2 amide bonds. The number of methoxy groups -OCH3 is 1. The van der Waals surface area contributed by atoms with Crippen LogP contribution in [0.2, 0.25) is 0 Å². The number of hydrogen-bond acceptors (Lipinski definition) is 4. The van der Waals surface area contributed by atoms with Gasteiger partial charge in [0.1, 0.15) is 17.5 Å². The third kappa shape index (κ3) is 7.59. The van der Waals surface area contributed by atoms with Crippen LogP contribution in [0.5, 0.6) is 11.5 Å². The highest BCUT2D eigenvalue weighted by atomic mass is 16.5. The summed E-state index contributed by atoms with van der Waals surface area (Å²) in [6.45, 7) is 10.7. The zero-order valence-corrected chi connectivity index (χ0v) is 20.1. The molecule has 0 aliphatic carbocycles. The molecule has 0 radical (unpaired) electrons. The molecule has 0 saturated heterocycles. The van der Waals surface area contributed by atoms with Gasteiger partial charge in [-0.15, -0.1) is 0 Å². The van der Waals surface area contributed by atoms with Crippen LogP contribution in [0.1, 0.15) is 43.9 Å². The van der Waals surface area contributed by atoms with Gasteiger partial charge in [-0.1, -0.05) is 39.0 Å². The number of carbonyl (C=O) groups excluding carboxylic acids is 2. The molecule has 1 atom stereocenters. The van der Waals surface area contributed by atoms with Gasteiger partial charge in [-0.05, 0) is 67.1 Å². The fourth-order valence-electron chi connectivity index (χ4n) is 3.51. The summed E-state index contributed by atoms with van der Waals surface area (Å²) >= 11 is 0. The number of hydrogen-bond donors (Lipinski definition) is 1. The fourth-order valence-corrected chi connectivity index (χ4v) is 3.51. The Kier molecular flexibility index (Phi) is 9.57. The molecule has 0 aromatic heterocycles. The molecule has 0 spiro atoms. The van der Waals surface area contributed by atoms with Crippen molar-refractivity contribution in [1.82, 2.24) is 10.2 Å². The molecule has 0 heterocycles. The fraction of sp³-hybridized carbons (Fsp3) is 0.462. The molecule has 2 aromatic rings. The highest BCUT2D eigenvalue weighted by Gasteiger charge is 2.29. The molecule has 2 rings (SSSR count). The van der Waals surface area contributed by atoms with Crippen LogP contribution in [0.3, 0.4) is 0 Å². The number of rotatable bonds is 11. The molecule has 32 heavy (non-hydrogen) atoms. The van der Waals surface area contributed by atoms with Gasteiger partial charge in [-0.3, -0.25) is 9.59 Å². The van der Waals surface area contributed by atoms with Gasteiger partial charge in [0.15, 0.2) is 6.61 Å². The van der Waals surface area contributed by atoms with E-state index in [4.69, 9.17) is 9.47 Å². The van der Waals surface area contributed by atoms with Gasteiger partial charge in [0.05, 0.1) is 7.11 Å². The van der Waals surface area contributed by atoms with Gasteiger partial charge in [0.25, 0.3) is 5.91 Å². The van der Waals surface area contributed by atoms with Crippen molar-refractivity contribution < 1.29 is 19.1 Å². The Morgan fingerprint density at radius 3 is 2.16 bits per heavy atom. The molecule has 1 N–H and O–H groups in total. The topological polar surface area (TPSA) is 67.9 Å². The van der Waals surface area contributed by atoms with E-state index in [0.29, 0.717) is 31.2 Å². The summed E-state index contributed by atoms with van der Waals surface area (Å²) < 4.78 is 11.0. The Labute approximate surface area is 191 Å². The van der Waals surface area contributed by atoms with Crippen molar-refractivity contribution in [3.05, 3.63) is 59.2 Å². The van der Waals surface area contributed by atoms with Gasteiger partial charge in [-0.25, -0.2) is 0 Å². The maximum absolute atomic E-state index is 13.3. The van der Waals surface area contributed by atoms with Crippen LogP contribution in [-0.4, -0.2) is 43.0 Å². The number of ether oxygens (including phenoxy) is 2. The highest BCUT2D eigenvalue weighted by molar-refractivity contribution is 5.88. The van der Waals surface area contributed by atoms with Gasteiger partial charge in [0.2, 0.25) is 5.91 Å². The number of carbonyl (C=O) groups is 2. The van der Waals surface area contributed by atoms with Gasteiger partial charge >= 0.3 is 0 Å². The first kappa shape index (κ1) is 25.2. The minimum atomic E-state index is -0.578. The van der Waals surface area contributed by atoms with Crippen molar-refractivity contribution in [1.29, 1.82) is 0 Å². The summed E-state index contributed by atoms with van der Waals surface area (Å²) in [5.74, 6) is 1.35. The second-order valence-corrected chi connectivity index (χ2v) is 8.54. The number of aryl methyl sites for hydroxylation is 2. The molecule has 0 bridgehead atoms. The molecule has 2 aromatic carbocycles. The molecule has 0 fully saturated rings. The second kappa shape index (κ2) is 12.1. The molecule has 0 aliphatic rings. The Bertz CT molecular complexity index is 873. The zero-order chi connectivity index (χ0) is 23.7. The van der Waals surface area contributed by atoms with Crippen molar-refractivity contribution >= 4 is 11.8 Å². The van der Waals surface area contributed by atoms with Crippen molar-refractivity contribution in [2.75, 3.05) is 20.3 Å². The first-order chi connectivity index (χ1) is 15.2. The molecule has 0 saturated carbocycles. The van der Waals surface area contributed by atoms with Crippen LogP contribution in [0, 0.1) is 19.8 Å². The van der Waals surface area contributed by atoms with Gasteiger partial charge < -0.3 is 19.7 Å². The van der Waals surface area contributed by atoms with Crippen LogP contribution < -0.4 is 14.8 Å². The van der Waals surface area contributed by atoms with E-state index in [1.165, 1.54) is 0 Å². The third-order valence-corrected chi connectivity index (χ3v) is 5.14. The minimum absolute atomic E-state index is 0.132. The quantitative estimate of drug-likeness (QED) is 0.567. The molecule has 174 valence electrons. The number of benzene rings is 2. The molecular formula is C26H36N2O4. The number of amides is 2. The average molecular weight is 441 g/mol. The Morgan fingerprint density at radius 1 is 1.00 bits per heavy atom. The molecule has 1 unspecified atom stereocenters. The third-order valence-electron chi connectivity index (χ3n) is 5.14. The maximum Gasteiger partial charge on any atom is 0.261 e. The van der Waals surface area contributed by atoms with Crippen LogP contribution in [0.15, 0.2) is 42.5 Å². The normalized spacial score (nSPS) is 11.7. The molecule has 6 heteroatoms. The smallest absolute Gasteiger partial charge is 0.261 e. The minimum Gasteiger partial charge on any atom is -0.497 e. The second-order valence-electron chi connectivity index (χ2n) is 8.54. The average Bonchev–Trinajstić information content (AvgIpc) is 2.75. The Hall–Kier alpha value is -3.02. The monoisotopic (exact) mass is 440 g/mol. The molecule has 0 aliphatic heterocycles. The maximum atomic E-state index is 13.3. The lowest BCUT2D eigenvalue weighted by Crippen LogP contribution is -2.50. The van der Waals surface area contributed by atoms with Crippen LogP contribution >= 0.6 is 0 Å². The number of nitrogens with one attached hydrogen (secondary N) is 1. The Balaban J connectivity index is 2.21. The van der Waals surface area contributed by atoms with Crippen LogP contribution in [0.4, 0.5) is 0 Å². The van der Waals surface area contributed by atoms with E-state index in [1.54, 1.807) is 12.0 Å². The van der Waals surface area contributed by atoms with Crippen molar-refractivity contribution in [3.8, 4) is 11.5 Å². The summed E-state index contributed by atoms with van der Waals surface area (Å²) in [5, 5.41) is 2.97. The van der Waals surface area contributed by atoms with Crippen molar-refractivity contribution in [2.24, 2.45) is 5.92 Å². The number of nitrogens with zero attached hydrogens (tertiary/aromatic N) is 1. The van der Waals surface area contributed by atoms with Crippen molar-refractivity contribution in [2.45, 2.75) is 53.6 Å². The molecule has 6 nitrogen and oxygen atoms in total. The predicted octanol–water partition coefficient (Wildman–Crippen LogP) is 4.27. The van der Waals surface area contributed by atoms with E-state index in [-0.39, 0.29) is 18.4 Å². The lowest BCUT2D eigenvalue weighted by atomic mass is 10.1. The highest BCUT2D eigenvalue weighted by Crippen LogP contribution is 2.19. The van der Waals surface area contributed by atoms with E-state index < -0.39 is 6.04 Å². The van der Waals surface area contributed by atoms with E-state index >= 15 is 0 Å². The summed E-state index contributed by atoms with van der Waals surface area (Å²) in [6.07, 6.45) is 0.509. The van der Waals surface area contributed by atoms with Crippen molar-refractivity contribution in [3.63, 3.8) is 0 Å². The largest absolute Gasteiger partial charge is 0.497 e. The Morgan fingerprint density at radius 2 is 1.62 bits per heavy atom. The van der Waals surface area contributed by atoms with E-state index in [1.807, 2.05) is 71.0 Å². The standard InChI is InChI=1S/C26H36N2O4/c1-7-24(26(30)27-15-18(2)3)28(16-21-8-10-22(31-6)11-9-21)25(29)17-32-23-13-19(4)12-20(5)14-23/h8-14,18,24H,7,15-17H2,1-6H3,(H,27,30).